The summed E-state index contributed by atoms with van der Waals surface area (Å²) in [6, 6.07) is 15.3. The van der Waals surface area contributed by atoms with Gasteiger partial charge in [0, 0.05) is 17.3 Å². The van der Waals surface area contributed by atoms with Crippen LogP contribution in [-0.2, 0) is 0 Å². The molecule has 3 nitrogen and oxygen atoms in total. The lowest BCUT2D eigenvalue weighted by Crippen LogP contribution is -2.10. The number of benzene rings is 2. The van der Waals surface area contributed by atoms with E-state index in [0.717, 1.165) is 22.7 Å². The van der Waals surface area contributed by atoms with Crippen molar-refractivity contribution in [2.24, 2.45) is 0 Å². The largest absolute Gasteiger partial charge is 0.497 e. The first-order chi connectivity index (χ1) is 9.22. The minimum Gasteiger partial charge on any atom is -0.497 e. The first-order valence-electron chi connectivity index (χ1n) is 5.82. The van der Waals surface area contributed by atoms with Crippen LogP contribution in [0.2, 0.25) is 0 Å². The predicted molar refractivity (Wildman–Crippen MR) is 81.3 cm³/mol. The summed E-state index contributed by atoms with van der Waals surface area (Å²) in [5, 5.41) is 3.18. The fraction of sp³-hybridized carbons (Fsp3) is 0.133. The van der Waals surface area contributed by atoms with E-state index in [-0.39, 0.29) is 0 Å². The molecule has 0 radical (unpaired) electrons. The molecule has 0 saturated heterocycles. The summed E-state index contributed by atoms with van der Waals surface area (Å²) < 4.78 is 10.3. The maximum Gasteiger partial charge on any atom is 0.120 e. The second kappa shape index (κ2) is 6.20. The summed E-state index contributed by atoms with van der Waals surface area (Å²) in [5.41, 5.74) is 1.85. The van der Waals surface area contributed by atoms with Crippen molar-refractivity contribution in [3.8, 4) is 11.5 Å². The first-order valence-corrected chi connectivity index (χ1v) is 6.23. The van der Waals surface area contributed by atoms with Crippen molar-refractivity contribution >= 4 is 22.9 Å². The SMILES string of the molecule is COc1ccc(C(=S)Nc2cccc(OC)c2)cc1. The Morgan fingerprint density at radius 1 is 0.947 bits per heavy atom. The zero-order valence-electron chi connectivity index (χ0n) is 10.8. The smallest absolute Gasteiger partial charge is 0.120 e. The summed E-state index contributed by atoms with van der Waals surface area (Å²) in [7, 11) is 3.28. The van der Waals surface area contributed by atoms with E-state index in [0.29, 0.717) is 4.99 Å². The van der Waals surface area contributed by atoms with Gasteiger partial charge in [0.05, 0.1) is 14.2 Å². The number of rotatable bonds is 4. The Bertz CT molecular complexity index is 567. The van der Waals surface area contributed by atoms with Crippen molar-refractivity contribution in [1.82, 2.24) is 0 Å². The third kappa shape index (κ3) is 3.45. The normalized spacial score (nSPS) is 9.79. The van der Waals surface area contributed by atoms with E-state index >= 15 is 0 Å². The second-order valence-corrected chi connectivity index (χ2v) is 4.32. The molecule has 0 amide bonds. The van der Waals surface area contributed by atoms with Gasteiger partial charge in [-0.1, -0.05) is 18.3 Å². The lowest BCUT2D eigenvalue weighted by Gasteiger charge is -2.10. The molecule has 0 bridgehead atoms. The van der Waals surface area contributed by atoms with E-state index in [4.69, 9.17) is 21.7 Å². The molecule has 0 fully saturated rings. The van der Waals surface area contributed by atoms with Gasteiger partial charge in [-0.25, -0.2) is 0 Å². The highest BCUT2D eigenvalue weighted by atomic mass is 32.1. The molecular formula is C15H15NO2S. The number of nitrogens with one attached hydrogen (secondary N) is 1. The summed E-state index contributed by atoms with van der Waals surface area (Å²) in [6.07, 6.45) is 0. The molecule has 98 valence electrons. The quantitative estimate of drug-likeness (QED) is 0.864. The molecule has 0 aliphatic rings. The van der Waals surface area contributed by atoms with Gasteiger partial charge in [-0.2, -0.15) is 0 Å². The molecule has 0 aliphatic heterocycles. The number of thiocarbonyl (C=S) groups is 1. The van der Waals surface area contributed by atoms with Gasteiger partial charge in [0.2, 0.25) is 0 Å². The molecule has 2 aromatic rings. The van der Waals surface area contributed by atoms with Crippen LogP contribution in [0.25, 0.3) is 0 Å². The van der Waals surface area contributed by atoms with Crippen LogP contribution < -0.4 is 14.8 Å². The summed E-state index contributed by atoms with van der Waals surface area (Å²) in [4.78, 5) is 0.663. The number of methoxy groups -OCH3 is 2. The van der Waals surface area contributed by atoms with Crippen LogP contribution in [0.3, 0.4) is 0 Å². The molecule has 0 aliphatic carbocycles. The Morgan fingerprint density at radius 2 is 1.63 bits per heavy atom. The van der Waals surface area contributed by atoms with Crippen molar-refractivity contribution in [2.75, 3.05) is 19.5 Å². The lowest BCUT2D eigenvalue weighted by molar-refractivity contribution is 0.415. The average Bonchev–Trinajstić information content (AvgIpc) is 2.47. The molecule has 0 aromatic heterocycles. The fourth-order valence-corrected chi connectivity index (χ4v) is 1.90. The maximum absolute atomic E-state index is 5.37. The molecule has 2 rings (SSSR count). The van der Waals surface area contributed by atoms with Crippen LogP contribution in [0.15, 0.2) is 48.5 Å². The molecule has 0 unspecified atom stereocenters. The molecule has 0 saturated carbocycles. The van der Waals surface area contributed by atoms with Gasteiger partial charge in [-0.05, 0) is 36.4 Å². The summed E-state index contributed by atoms with van der Waals surface area (Å²) in [5.74, 6) is 1.61. The van der Waals surface area contributed by atoms with Gasteiger partial charge >= 0.3 is 0 Å². The Morgan fingerprint density at radius 3 is 2.26 bits per heavy atom. The van der Waals surface area contributed by atoms with Gasteiger partial charge in [0.25, 0.3) is 0 Å². The maximum atomic E-state index is 5.37. The molecule has 4 heteroatoms. The average molecular weight is 273 g/mol. The highest BCUT2D eigenvalue weighted by Gasteiger charge is 2.03. The molecule has 0 spiro atoms. The summed E-state index contributed by atoms with van der Waals surface area (Å²) >= 11 is 5.37. The molecule has 2 aromatic carbocycles. The van der Waals surface area contributed by atoms with E-state index in [1.54, 1.807) is 14.2 Å². The first kappa shape index (κ1) is 13.4. The van der Waals surface area contributed by atoms with Crippen LogP contribution in [-0.4, -0.2) is 19.2 Å². The highest BCUT2D eigenvalue weighted by molar-refractivity contribution is 7.81. The van der Waals surface area contributed by atoms with E-state index in [1.807, 2.05) is 48.5 Å². The Kier molecular flexibility index (Phi) is 4.36. The van der Waals surface area contributed by atoms with Gasteiger partial charge in [-0.15, -0.1) is 0 Å². The Labute approximate surface area is 118 Å². The number of anilines is 1. The molecule has 1 N–H and O–H groups in total. The number of hydrogen-bond donors (Lipinski definition) is 1. The third-order valence-corrected chi connectivity index (χ3v) is 3.02. The topological polar surface area (TPSA) is 30.5 Å². The van der Waals surface area contributed by atoms with Gasteiger partial charge in [0.1, 0.15) is 16.5 Å². The van der Waals surface area contributed by atoms with Gasteiger partial charge in [-0.3, -0.25) is 0 Å². The van der Waals surface area contributed by atoms with Crippen LogP contribution in [0.5, 0.6) is 11.5 Å². The third-order valence-electron chi connectivity index (χ3n) is 2.68. The van der Waals surface area contributed by atoms with Crippen LogP contribution in [0, 0.1) is 0 Å². The zero-order chi connectivity index (χ0) is 13.7. The van der Waals surface area contributed by atoms with E-state index in [9.17, 15) is 0 Å². The minimum absolute atomic E-state index is 0.663. The number of ether oxygens (including phenoxy) is 2. The minimum atomic E-state index is 0.663. The molecule has 0 atom stereocenters. The van der Waals surface area contributed by atoms with Crippen LogP contribution >= 0.6 is 12.2 Å². The van der Waals surface area contributed by atoms with Crippen molar-refractivity contribution in [3.63, 3.8) is 0 Å². The van der Waals surface area contributed by atoms with Gasteiger partial charge in [0.15, 0.2) is 0 Å². The standard InChI is InChI=1S/C15H15NO2S/c1-17-13-8-6-11(7-9-13)15(19)16-12-4-3-5-14(10-12)18-2/h3-10H,1-2H3,(H,16,19). The lowest BCUT2D eigenvalue weighted by atomic mass is 10.2. The summed E-state index contributed by atoms with van der Waals surface area (Å²) in [6.45, 7) is 0. The van der Waals surface area contributed by atoms with Crippen molar-refractivity contribution in [2.45, 2.75) is 0 Å². The fourth-order valence-electron chi connectivity index (χ4n) is 1.65. The van der Waals surface area contributed by atoms with Crippen molar-refractivity contribution in [1.29, 1.82) is 0 Å². The van der Waals surface area contributed by atoms with Crippen LogP contribution in [0.1, 0.15) is 5.56 Å². The number of hydrogen-bond acceptors (Lipinski definition) is 3. The van der Waals surface area contributed by atoms with Gasteiger partial charge < -0.3 is 14.8 Å². The predicted octanol–water partition coefficient (Wildman–Crippen LogP) is 3.49. The zero-order valence-corrected chi connectivity index (χ0v) is 11.7. The van der Waals surface area contributed by atoms with E-state index < -0.39 is 0 Å². The molecule has 0 heterocycles. The second-order valence-electron chi connectivity index (χ2n) is 3.91. The van der Waals surface area contributed by atoms with E-state index in [2.05, 4.69) is 5.32 Å². The highest BCUT2D eigenvalue weighted by Crippen LogP contribution is 2.18. The van der Waals surface area contributed by atoms with Crippen molar-refractivity contribution < 1.29 is 9.47 Å². The monoisotopic (exact) mass is 273 g/mol. The Balaban J connectivity index is 2.11. The van der Waals surface area contributed by atoms with Crippen molar-refractivity contribution in [3.05, 3.63) is 54.1 Å². The Hall–Kier alpha value is -2.07. The van der Waals surface area contributed by atoms with E-state index in [1.165, 1.54) is 0 Å². The van der Waals surface area contributed by atoms with Crippen LogP contribution in [0.4, 0.5) is 5.69 Å². The molecular weight excluding hydrogens is 258 g/mol. The molecule has 19 heavy (non-hydrogen) atoms.